The van der Waals surface area contributed by atoms with Gasteiger partial charge in [-0.05, 0) is 61.4 Å². The molecule has 204 valence electrons. The summed E-state index contributed by atoms with van der Waals surface area (Å²) in [5.41, 5.74) is 1.02. The molecule has 0 saturated heterocycles. The van der Waals surface area contributed by atoms with Crippen molar-refractivity contribution in [1.29, 1.82) is 0 Å². The smallest absolute Gasteiger partial charge is 0.326 e. The van der Waals surface area contributed by atoms with Crippen LogP contribution in [0, 0.1) is 0 Å². The quantitative estimate of drug-likeness (QED) is 0.133. The molecule has 10 nitrogen and oxygen atoms in total. The van der Waals surface area contributed by atoms with Gasteiger partial charge in [0.1, 0.15) is 0 Å². The molecule has 0 aliphatic carbocycles. The fraction of sp³-hybridized carbons (Fsp3) is 0.440. The van der Waals surface area contributed by atoms with E-state index in [1.807, 2.05) is 0 Å². The summed E-state index contributed by atoms with van der Waals surface area (Å²) in [6.45, 7) is 0. The van der Waals surface area contributed by atoms with E-state index in [9.17, 15) is 18.7 Å². The third-order valence-corrected chi connectivity index (χ3v) is 7.72. The van der Waals surface area contributed by atoms with Crippen LogP contribution < -0.4 is 21.2 Å². The second kappa shape index (κ2) is 15.2. The fourth-order valence-electron chi connectivity index (χ4n) is 3.73. The summed E-state index contributed by atoms with van der Waals surface area (Å²) in [5, 5.41) is 5.30. The molecule has 0 heterocycles. The summed E-state index contributed by atoms with van der Waals surface area (Å²) in [7, 11) is -8.56. The molecule has 12 heteroatoms. The number of benzene rings is 2. The number of carbonyl (C=O) groups excluding carboxylic acids is 2. The third kappa shape index (κ3) is 12.7. The van der Waals surface area contributed by atoms with Crippen molar-refractivity contribution < 1.29 is 38.3 Å². The standard InChI is InChI=1S/C25H36N2O8P2/c28-24(26-20-12-16-22(17-13-20)36(30,31)32)10-8-6-4-2-1-3-5-7-9-11-25(29)27-21-14-18-23(19-15-21)37(33,34)35/h12-19H,1-11H2,(H,26,28)(H,27,29)(H2,30,31,32)(H2,33,34,35). The van der Waals surface area contributed by atoms with Crippen LogP contribution in [-0.4, -0.2) is 31.4 Å². The molecule has 2 amide bonds. The topological polar surface area (TPSA) is 173 Å². The van der Waals surface area contributed by atoms with Crippen LogP contribution in [0.1, 0.15) is 70.6 Å². The summed E-state index contributed by atoms with van der Waals surface area (Å²) >= 11 is 0. The zero-order valence-electron chi connectivity index (χ0n) is 20.7. The van der Waals surface area contributed by atoms with Gasteiger partial charge in [-0.2, -0.15) is 0 Å². The van der Waals surface area contributed by atoms with E-state index in [0.717, 1.165) is 57.8 Å². The van der Waals surface area contributed by atoms with Crippen molar-refractivity contribution in [1.82, 2.24) is 0 Å². The largest absolute Gasteiger partial charge is 0.356 e. The Kier molecular flexibility index (Phi) is 12.7. The third-order valence-electron chi connectivity index (χ3n) is 5.78. The highest BCUT2D eigenvalue weighted by Gasteiger charge is 2.17. The van der Waals surface area contributed by atoms with Crippen LogP contribution in [0.3, 0.4) is 0 Å². The fourth-order valence-corrected chi connectivity index (χ4v) is 4.81. The predicted molar refractivity (Wildman–Crippen MR) is 144 cm³/mol. The number of carbonyl (C=O) groups is 2. The van der Waals surface area contributed by atoms with E-state index in [0.29, 0.717) is 24.2 Å². The van der Waals surface area contributed by atoms with Crippen molar-refractivity contribution in [3.05, 3.63) is 48.5 Å². The van der Waals surface area contributed by atoms with Crippen LogP contribution in [-0.2, 0) is 18.7 Å². The molecule has 2 aromatic rings. The molecule has 0 aromatic heterocycles. The Morgan fingerprint density at radius 1 is 0.514 bits per heavy atom. The summed E-state index contributed by atoms with van der Waals surface area (Å²) in [5.74, 6) is -0.239. The lowest BCUT2D eigenvalue weighted by molar-refractivity contribution is -0.117. The number of unbranched alkanes of at least 4 members (excludes halogenated alkanes) is 8. The second-order valence-electron chi connectivity index (χ2n) is 8.96. The minimum absolute atomic E-state index is 0.0813. The van der Waals surface area contributed by atoms with E-state index in [1.165, 1.54) is 48.5 Å². The molecule has 6 N–H and O–H groups in total. The summed E-state index contributed by atoms with van der Waals surface area (Å²) < 4.78 is 22.3. The van der Waals surface area contributed by atoms with Crippen molar-refractivity contribution >= 4 is 49.0 Å². The van der Waals surface area contributed by atoms with Gasteiger partial charge in [-0.3, -0.25) is 18.7 Å². The van der Waals surface area contributed by atoms with Gasteiger partial charge in [0, 0.05) is 24.2 Å². The minimum atomic E-state index is -4.28. The van der Waals surface area contributed by atoms with Crippen molar-refractivity contribution in [2.75, 3.05) is 10.6 Å². The minimum Gasteiger partial charge on any atom is -0.326 e. The Morgan fingerprint density at radius 3 is 1.05 bits per heavy atom. The van der Waals surface area contributed by atoms with E-state index in [-0.39, 0.29) is 22.4 Å². The van der Waals surface area contributed by atoms with Crippen LogP contribution in [0.15, 0.2) is 48.5 Å². The van der Waals surface area contributed by atoms with Gasteiger partial charge in [-0.15, -0.1) is 0 Å². The van der Waals surface area contributed by atoms with Crippen LogP contribution in [0.4, 0.5) is 11.4 Å². The maximum absolute atomic E-state index is 12.0. The van der Waals surface area contributed by atoms with E-state index >= 15 is 0 Å². The molecule has 0 aliphatic heterocycles. The number of amides is 2. The molecular weight excluding hydrogens is 518 g/mol. The Hall–Kier alpha value is -2.32. The first-order valence-corrected chi connectivity index (χ1v) is 15.6. The van der Waals surface area contributed by atoms with Crippen LogP contribution >= 0.6 is 15.2 Å². The molecule has 0 bridgehead atoms. The molecule has 0 fully saturated rings. The van der Waals surface area contributed by atoms with Crippen molar-refractivity contribution in [3.63, 3.8) is 0 Å². The molecule has 0 spiro atoms. The van der Waals surface area contributed by atoms with Crippen molar-refractivity contribution in [2.45, 2.75) is 70.6 Å². The summed E-state index contributed by atoms with van der Waals surface area (Å²) in [6.07, 6.45) is 9.67. The first-order valence-electron chi connectivity index (χ1n) is 12.4. The van der Waals surface area contributed by atoms with Gasteiger partial charge in [0.2, 0.25) is 11.8 Å². The first kappa shape index (κ1) is 30.9. The van der Waals surface area contributed by atoms with E-state index < -0.39 is 15.2 Å². The predicted octanol–water partition coefficient (Wildman–Crippen LogP) is 4.16. The Balaban J connectivity index is 1.44. The first-order chi connectivity index (χ1) is 17.4. The average Bonchev–Trinajstić information content (AvgIpc) is 2.82. The Morgan fingerprint density at radius 2 is 0.784 bits per heavy atom. The zero-order chi connectivity index (χ0) is 27.3. The Labute approximate surface area is 217 Å². The molecule has 37 heavy (non-hydrogen) atoms. The molecule has 0 aliphatic rings. The van der Waals surface area contributed by atoms with Crippen LogP contribution in [0.5, 0.6) is 0 Å². The summed E-state index contributed by atoms with van der Waals surface area (Å²) in [4.78, 5) is 60.4. The van der Waals surface area contributed by atoms with Crippen molar-refractivity contribution in [2.24, 2.45) is 0 Å². The van der Waals surface area contributed by atoms with Gasteiger partial charge in [0.25, 0.3) is 0 Å². The molecule has 0 radical (unpaired) electrons. The monoisotopic (exact) mass is 554 g/mol. The van der Waals surface area contributed by atoms with Gasteiger partial charge < -0.3 is 30.2 Å². The number of anilines is 2. The van der Waals surface area contributed by atoms with Crippen molar-refractivity contribution in [3.8, 4) is 0 Å². The molecule has 2 aromatic carbocycles. The molecule has 0 unspecified atom stereocenters. The molecule has 0 atom stereocenters. The Bertz CT molecular complexity index is 1010. The van der Waals surface area contributed by atoms with Crippen LogP contribution in [0.25, 0.3) is 0 Å². The van der Waals surface area contributed by atoms with Gasteiger partial charge >= 0.3 is 15.2 Å². The lowest BCUT2D eigenvalue weighted by atomic mass is 10.1. The number of hydrogen-bond donors (Lipinski definition) is 6. The van der Waals surface area contributed by atoms with E-state index in [4.69, 9.17) is 19.6 Å². The summed E-state index contributed by atoms with van der Waals surface area (Å²) in [6, 6.07) is 11.2. The molecular formula is C25H36N2O8P2. The van der Waals surface area contributed by atoms with Gasteiger partial charge in [0.05, 0.1) is 10.6 Å². The van der Waals surface area contributed by atoms with Gasteiger partial charge in [0.15, 0.2) is 0 Å². The number of hydrogen-bond acceptors (Lipinski definition) is 4. The van der Waals surface area contributed by atoms with E-state index in [1.54, 1.807) is 0 Å². The maximum atomic E-state index is 12.0. The SMILES string of the molecule is O=C(CCCCCCCCCCCC(=O)Nc1ccc(P(=O)(O)O)cc1)Nc1ccc(P(=O)(O)O)cc1. The lowest BCUT2D eigenvalue weighted by Gasteiger charge is -2.08. The van der Waals surface area contributed by atoms with Gasteiger partial charge in [-0.1, -0.05) is 44.9 Å². The zero-order valence-corrected chi connectivity index (χ0v) is 22.5. The number of nitrogens with one attached hydrogen (secondary N) is 2. The highest BCUT2D eigenvalue weighted by atomic mass is 31.2. The normalized spacial score (nSPS) is 11.8. The number of rotatable bonds is 16. The van der Waals surface area contributed by atoms with Crippen LogP contribution in [0.2, 0.25) is 0 Å². The highest BCUT2D eigenvalue weighted by molar-refractivity contribution is 7.60. The van der Waals surface area contributed by atoms with E-state index in [2.05, 4.69) is 10.6 Å². The maximum Gasteiger partial charge on any atom is 0.356 e. The van der Waals surface area contributed by atoms with Gasteiger partial charge in [-0.25, -0.2) is 0 Å². The second-order valence-corrected chi connectivity index (χ2v) is 12.2. The molecule has 2 rings (SSSR count). The lowest BCUT2D eigenvalue weighted by Crippen LogP contribution is -2.12. The average molecular weight is 555 g/mol. The highest BCUT2D eigenvalue weighted by Crippen LogP contribution is 2.34. The molecule has 0 saturated carbocycles.